The molecule has 1 N–H and O–H groups in total. The molecule has 1 fully saturated rings. The van der Waals surface area contributed by atoms with Gasteiger partial charge in [-0.15, -0.1) is 13.2 Å². The van der Waals surface area contributed by atoms with Gasteiger partial charge in [0.15, 0.2) is 5.65 Å². The number of nitrogens with one attached hydrogen (secondary N) is 1. The van der Waals surface area contributed by atoms with Crippen LogP contribution in [-0.4, -0.2) is 29.4 Å². The Bertz CT molecular complexity index is 1090. The molecule has 4 rings (SSSR count). The van der Waals surface area contributed by atoms with Crippen molar-refractivity contribution in [2.24, 2.45) is 0 Å². The zero-order valence-corrected chi connectivity index (χ0v) is 14.5. The molecule has 0 unspecified atom stereocenters. The molecule has 0 spiro atoms. The Hall–Kier alpha value is -2.82. The number of anilines is 1. The summed E-state index contributed by atoms with van der Waals surface area (Å²) in [5.74, 6) is 0.0498. The van der Waals surface area contributed by atoms with Crippen molar-refractivity contribution in [1.82, 2.24) is 14.6 Å². The zero-order chi connectivity index (χ0) is 19.2. The molecule has 1 saturated carbocycles. The first-order chi connectivity index (χ1) is 12.7. The number of halogens is 3. The maximum Gasteiger partial charge on any atom is 0.573 e. The highest BCUT2D eigenvalue weighted by Crippen LogP contribution is 2.39. The van der Waals surface area contributed by atoms with Gasteiger partial charge in [-0.25, -0.2) is 13.4 Å². The van der Waals surface area contributed by atoms with Gasteiger partial charge < -0.3 is 4.74 Å². The Morgan fingerprint density at radius 2 is 1.85 bits per heavy atom. The van der Waals surface area contributed by atoms with E-state index in [0.29, 0.717) is 11.6 Å². The summed E-state index contributed by atoms with van der Waals surface area (Å²) in [4.78, 5) is 3.95. The molecule has 2 aromatic heterocycles. The SMILES string of the molecule is O=S(=O)(Nc1ccnc2cc(C3CC3)nn12)c1ccc(OC(F)(F)F)cc1. The van der Waals surface area contributed by atoms with Crippen LogP contribution in [0.1, 0.15) is 24.5 Å². The summed E-state index contributed by atoms with van der Waals surface area (Å²) >= 11 is 0. The van der Waals surface area contributed by atoms with Crippen molar-refractivity contribution < 1.29 is 26.3 Å². The van der Waals surface area contributed by atoms with Gasteiger partial charge in [-0.2, -0.15) is 9.61 Å². The minimum Gasteiger partial charge on any atom is -0.406 e. The van der Waals surface area contributed by atoms with Crippen LogP contribution in [0.3, 0.4) is 0 Å². The highest BCUT2D eigenvalue weighted by Gasteiger charge is 2.31. The molecule has 2 heterocycles. The van der Waals surface area contributed by atoms with E-state index in [1.807, 2.05) is 0 Å². The van der Waals surface area contributed by atoms with Gasteiger partial charge in [0.1, 0.15) is 11.6 Å². The lowest BCUT2D eigenvalue weighted by molar-refractivity contribution is -0.274. The number of rotatable bonds is 5. The molecule has 3 aromatic rings. The summed E-state index contributed by atoms with van der Waals surface area (Å²) in [6.45, 7) is 0. The first-order valence-corrected chi connectivity index (χ1v) is 9.43. The van der Waals surface area contributed by atoms with E-state index in [4.69, 9.17) is 0 Å². The van der Waals surface area contributed by atoms with Gasteiger partial charge in [-0.1, -0.05) is 0 Å². The summed E-state index contributed by atoms with van der Waals surface area (Å²) < 4.78 is 69.3. The summed E-state index contributed by atoms with van der Waals surface area (Å²) in [7, 11) is -4.04. The van der Waals surface area contributed by atoms with Crippen LogP contribution in [0.2, 0.25) is 0 Å². The fourth-order valence-corrected chi connectivity index (χ4v) is 3.63. The first-order valence-electron chi connectivity index (χ1n) is 7.95. The van der Waals surface area contributed by atoms with E-state index >= 15 is 0 Å². The van der Waals surface area contributed by atoms with Crippen molar-refractivity contribution in [3.8, 4) is 5.75 Å². The number of aromatic nitrogens is 3. The second-order valence-corrected chi connectivity index (χ2v) is 7.75. The second-order valence-electron chi connectivity index (χ2n) is 6.07. The quantitative estimate of drug-likeness (QED) is 0.713. The van der Waals surface area contributed by atoms with Crippen LogP contribution >= 0.6 is 0 Å². The number of fused-ring (bicyclic) bond motifs is 1. The van der Waals surface area contributed by atoms with Crippen LogP contribution in [-0.2, 0) is 10.0 Å². The molecule has 0 aliphatic heterocycles. The maximum atomic E-state index is 12.6. The maximum absolute atomic E-state index is 12.6. The average molecular weight is 398 g/mol. The largest absolute Gasteiger partial charge is 0.573 e. The molecule has 0 atom stereocenters. The molecule has 27 heavy (non-hydrogen) atoms. The van der Waals surface area contributed by atoms with Crippen molar-refractivity contribution in [3.63, 3.8) is 0 Å². The lowest BCUT2D eigenvalue weighted by atomic mass is 10.3. The van der Waals surface area contributed by atoms with Crippen LogP contribution in [0.25, 0.3) is 5.65 Å². The third-order valence-corrected chi connectivity index (χ3v) is 5.35. The molecular formula is C16H13F3N4O3S. The third kappa shape index (κ3) is 3.82. The standard InChI is InChI=1S/C16H13F3N4O3S/c17-16(18,19)26-11-3-5-12(6-4-11)27(24,25)22-14-7-8-20-15-9-13(10-1-2-10)21-23(14)15/h3-10,22H,1-2H2. The van der Waals surface area contributed by atoms with E-state index < -0.39 is 22.1 Å². The lowest BCUT2D eigenvalue weighted by Crippen LogP contribution is -2.18. The van der Waals surface area contributed by atoms with Gasteiger partial charge >= 0.3 is 6.36 Å². The van der Waals surface area contributed by atoms with Crippen LogP contribution in [0.4, 0.5) is 19.0 Å². The van der Waals surface area contributed by atoms with E-state index in [9.17, 15) is 21.6 Å². The number of benzene rings is 1. The van der Waals surface area contributed by atoms with Crippen molar-refractivity contribution in [3.05, 3.63) is 48.3 Å². The summed E-state index contributed by atoms with van der Waals surface area (Å²) in [5.41, 5.74) is 1.36. The van der Waals surface area contributed by atoms with E-state index in [-0.39, 0.29) is 10.7 Å². The van der Waals surface area contributed by atoms with E-state index in [1.165, 1.54) is 16.8 Å². The number of alkyl halides is 3. The number of hydrogen-bond donors (Lipinski definition) is 1. The fourth-order valence-electron chi connectivity index (χ4n) is 2.59. The Morgan fingerprint density at radius 3 is 2.48 bits per heavy atom. The van der Waals surface area contributed by atoms with E-state index in [1.54, 1.807) is 6.07 Å². The summed E-state index contributed by atoms with van der Waals surface area (Å²) in [6, 6.07) is 7.18. The number of nitrogens with zero attached hydrogens (tertiary/aromatic N) is 3. The molecule has 0 saturated heterocycles. The molecule has 1 aliphatic rings. The lowest BCUT2D eigenvalue weighted by Gasteiger charge is -2.11. The van der Waals surface area contributed by atoms with Crippen molar-refractivity contribution in [2.45, 2.75) is 30.0 Å². The predicted molar refractivity (Wildman–Crippen MR) is 88.9 cm³/mol. The molecule has 0 amide bonds. The average Bonchev–Trinajstić information content (AvgIpc) is 3.33. The molecule has 1 aromatic carbocycles. The molecule has 0 bridgehead atoms. The Balaban J connectivity index is 1.60. The van der Waals surface area contributed by atoms with Gasteiger partial charge in [0.25, 0.3) is 10.0 Å². The van der Waals surface area contributed by atoms with Crippen LogP contribution in [0.5, 0.6) is 5.75 Å². The fraction of sp³-hybridized carbons (Fsp3) is 0.250. The zero-order valence-electron chi connectivity index (χ0n) is 13.6. The highest BCUT2D eigenvalue weighted by atomic mass is 32.2. The molecule has 11 heteroatoms. The van der Waals surface area contributed by atoms with Gasteiger partial charge in [0.2, 0.25) is 0 Å². The Kier molecular flexibility index (Phi) is 3.98. The Labute approximate surface area is 151 Å². The minimum absolute atomic E-state index is 0.183. The third-order valence-electron chi connectivity index (χ3n) is 3.98. The van der Waals surface area contributed by atoms with E-state index in [2.05, 4.69) is 19.5 Å². The first kappa shape index (κ1) is 17.6. The second kappa shape index (κ2) is 6.12. The van der Waals surface area contributed by atoms with Crippen LogP contribution in [0.15, 0.2) is 47.5 Å². The smallest absolute Gasteiger partial charge is 0.406 e. The van der Waals surface area contributed by atoms with E-state index in [0.717, 1.165) is 42.8 Å². The van der Waals surface area contributed by atoms with Gasteiger partial charge in [0.05, 0.1) is 10.6 Å². The van der Waals surface area contributed by atoms with Crippen LogP contribution < -0.4 is 9.46 Å². The molecule has 0 radical (unpaired) electrons. The Morgan fingerprint density at radius 1 is 1.15 bits per heavy atom. The van der Waals surface area contributed by atoms with Gasteiger partial charge in [-0.05, 0) is 43.2 Å². The van der Waals surface area contributed by atoms with Crippen molar-refractivity contribution in [1.29, 1.82) is 0 Å². The molecule has 7 nitrogen and oxygen atoms in total. The molecule has 142 valence electrons. The number of ether oxygens (including phenoxy) is 1. The number of hydrogen-bond acceptors (Lipinski definition) is 5. The van der Waals surface area contributed by atoms with Crippen molar-refractivity contribution in [2.75, 3.05) is 4.72 Å². The summed E-state index contributed by atoms with van der Waals surface area (Å²) in [5, 5.41) is 4.39. The molecule has 1 aliphatic carbocycles. The monoisotopic (exact) mass is 398 g/mol. The van der Waals surface area contributed by atoms with Crippen molar-refractivity contribution >= 4 is 21.5 Å². The topological polar surface area (TPSA) is 85.6 Å². The highest BCUT2D eigenvalue weighted by molar-refractivity contribution is 7.92. The normalized spacial score (nSPS) is 15.1. The van der Waals surface area contributed by atoms with Gasteiger partial charge in [-0.3, -0.25) is 4.72 Å². The van der Waals surface area contributed by atoms with Crippen LogP contribution in [0, 0.1) is 0 Å². The molecular weight excluding hydrogens is 385 g/mol. The number of sulfonamides is 1. The minimum atomic E-state index is -4.85. The predicted octanol–water partition coefficient (Wildman–Crippen LogP) is 3.31. The summed E-state index contributed by atoms with van der Waals surface area (Å²) in [6.07, 6.45) is -1.32. The van der Waals surface area contributed by atoms with Gasteiger partial charge in [0, 0.05) is 18.2 Å².